The van der Waals surface area contributed by atoms with E-state index in [0.717, 1.165) is 23.2 Å². The first-order valence-electron chi connectivity index (χ1n) is 8.25. The molecule has 1 nitrogen and oxygen atoms in total. The van der Waals surface area contributed by atoms with Gasteiger partial charge in [0.1, 0.15) is 0 Å². The van der Waals surface area contributed by atoms with Gasteiger partial charge in [0.05, 0.1) is 4.34 Å². The highest BCUT2D eigenvalue weighted by Crippen LogP contribution is 2.29. The molecule has 0 radical (unpaired) electrons. The van der Waals surface area contributed by atoms with Crippen LogP contribution in [0, 0.1) is 5.92 Å². The topological polar surface area (TPSA) is 12.0 Å². The van der Waals surface area contributed by atoms with Crippen molar-refractivity contribution >= 4 is 22.9 Å². The maximum atomic E-state index is 6.05. The zero-order chi connectivity index (χ0) is 14.2. The molecule has 0 amide bonds. The van der Waals surface area contributed by atoms with Crippen LogP contribution in [0.1, 0.15) is 63.2 Å². The zero-order valence-electron chi connectivity index (χ0n) is 12.7. The molecule has 0 aromatic carbocycles. The lowest BCUT2D eigenvalue weighted by atomic mass is 9.85. The summed E-state index contributed by atoms with van der Waals surface area (Å²) in [5.74, 6) is 0.988. The van der Waals surface area contributed by atoms with E-state index in [1.807, 2.05) is 6.07 Å². The van der Waals surface area contributed by atoms with Crippen LogP contribution in [-0.2, 0) is 6.42 Å². The molecule has 0 saturated heterocycles. The first-order valence-corrected chi connectivity index (χ1v) is 9.45. The van der Waals surface area contributed by atoms with Crippen molar-refractivity contribution in [3.8, 4) is 0 Å². The Balaban J connectivity index is 1.79. The number of nitrogens with one attached hydrogen (secondary N) is 1. The van der Waals surface area contributed by atoms with E-state index in [2.05, 4.69) is 18.3 Å². The van der Waals surface area contributed by atoms with Crippen molar-refractivity contribution in [2.45, 2.75) is 70.8 Å². The first kappa shape index (κ1) is 16.3. The Morgan fingerprint density at radius 1 is 1.30 bits per heavy atom. The van der Waals surface area contributed by atoms with Crippen LogP contribution < -0.4 is 5.32 Å². The van der Waals surface area contributed by atoms with Crippen LogP contribution in [-0.4, -0.2) is 12.6 Å². The molecule has 0 spiro atoms. The molecular weight excluding hydrogens is 286 g/mol. The number of halogens is 1. The number of hydrogen-bond donors (Lipinski definition) is 1. The summed E-state index contributed by atoms with van der Waals surface area (Å²) in [6, 6.07) is 4.85. The second-order valence-electron chi connectivity index (χ2n) is 6.14. The lowest BCUT2D eigenvalue weighted by molar-refractivity contribution is 0.312. The molecule has 0 aliphatic heterocycles. The quantitative estimate of drug-likeness (QED) is 0.651. The third-order valence-corrected chi connectivity index (χ3v) is 5.66. The van der Waals surface area contributed by atoms with Gasteiger partial charge in [0.2, 0.25) is 0 Å². The van der Waals surface area contributed by atoms with Crippen LogP contribution in [0.2, 0.25) is 4.34 Å². The maximum absolute atomic E-state index is 6.05. The minimum atomic E-state index is 0.631. The predicted octanol–water partition coefficient (Wildman–Crippen LogP) is 5.67. The molecule has 3 heteroatoms. The van der Waals surface area contributed by atoms with E-state index < -0.39 is 0 Å². The van der Waals surface area contributed by atoms with Gasteiger partial charge in [-0.2, -0.15) is 0 Å². The van der Waals surface area contributed by atoms with Crippen LogP contribution >= 0.6 is 22.9 Å². The molecule has 1 N–H and O–H groups in total. The zero-order valence-corrected chi connectivity index (χ0v) is 14.2. The Morgan fingerprint density at radius 3 is 2.75 bits per heavy atom. The van der Waals surface area contributed by atoms with Gasteiger partial charge in [0.25, 0.3) is 0 Å². The van der Waals surface area contributed by atoms with Crippen molar-refractivity contribution in [1.82, 2.24) is 5.32 Å². The van der Waals surface area contributed by atoms with Crippen molar-refractivity contribution < 1.29 is 0 Å². The summed E-state index contributed by atoms with van der Waals surface area (Å²) in [5, 5.41) is 3.73. The molecule has 114 valence electrons. The maximum Gasteiger partial charge on any atom is 0.0931 e. The molecule has 1 aromatic rings. The highest BCUT2D eigenvalue weighted by Gasteiger charge is 2.16. The first-order chi connectivity index (χ1) is 9.78. The summed E-state index contributed by atoms with van der Waals surface area (Å²) in [6.07, 6.45) is 12.4. The molecule has 1 unspecified atom stereocenters. The summed E-state index contributed by atoms with van der Waals surface area (Å²) in [5.41, 5.74) is 0. The molecule has 1 fully saturated rings. The summed E-state index contributed by atoms with van der Waals surface area (Å²) >= 11 is 7.78. The van der Waals surface area contributed by atoms with Crippen LogP contribution in [0.5, 0.6) is 0 Å². The Labute approximate surface area is 133 Å². The van der Waals surface area contributed by atoms with E-state index in [1.54, 1.807) is 11.3 Å². The normalized spacial score (nSPS) is 18.3. The fraction of sp³-hybridized carbons (Fsp3) is 0.765. The highest BCUT2D eigenvalue weighted by atomic mass is 35.5. The molecule has 1 heterocycles. The Kier molecular flexibility index (Phi) is 7.40. The summed E-state index contributed by atoms with van der Waals surface area (Å²) in [7, 11) is 0. The molecule has 1 saturated carbocycles. The lowest BCUT2D eigenvalue weighted by Crippen LogP contribution is -2.32. The Morgan fingerprint density at radius 2 is 2.10 bits per heavy atom. The Bertz CT molecular complexity index is 371. The van der Waals surface area contributed by atoms with Gasteiger partial charge >= 0.3 is 0 Å². The van der Waals surface area contributed by atoms with Gasteiger partial charge in [-0.05, 0) is 50.3 Å². The van der Waals surface area contributed by atoms with Crippen molar-refractivity contribution in [2.75, 3.05) is 6.54 Å². The smallest absolute Gasteiger partial charge is 0.0931 e. The predicted molar refractivity (Wildman–Crippen MR) is 90.9 cm³/mol. The fourth-order valence-electron chi connectivity index (χ4n) is 3.24. The van der Waals surface area contributed by atoms with Crippen molar-refractivity contribution in [2.24, 2.45) is 5.92 Å². The minimum absolute atomic E-state index is 0.631. The highest BCUT2D eigenvalue weighted by molar-refractivity contribution is 7.16. The van der Waals surface area contributed by atoms with Crippen molar-refractivity contribution in [3.05, 3.63) is 21.3 Å². The average Bonchev–Trinajstić information content (AvgIpc) is 2.88. The molecule has 1 aliphatic carbocycles. The molecular formula is C17H28ClNS. The number of rotatable bonds is 8. The second kappa shape index (κ2) is 9.07. The minimum Gasteiger partial charge on any atom is -0.314 e. The summed E-state index contributed by atoms with van der Waals surface area (Å²) < 4.78 is 0.918. The average molecular weight is 314 g/mol. The van der Waals surface area contributed by atoms with E-state index in [4.69, 9.17) is 11.6 Å². The van der Waals surface area contributed by atoms with Crippen LogP contribution in [0.25, 0.3) is 0 Å². The van der Waals surface area contributed by atoms with E-state index in [-0.39, 0.29) is 0 Å². The van der Waals surface area contributed by atoms with Crippen LogP contribution in [0.4, 0.5) is 0 Å². The SMILES string of the molecule is CCCNC(CCC1CCCCC1)Cc1ccc(Cl)s1. The fourth-order valence-corrected chi connectivity index (χ4v) is 4.41. The number of thiophene rings is 1. The molecule has 0 bridgehead atoms. The van der Waals surface area contributed by atoms with Gasteiger partial charge in [-0.3, -0.25) is 0 Å². The number of hydrogen-bond acceptors (Lipinski definition) is 2. The second-order valence-corrected chi connectivity index (χ2v) is 7.94. The van der Waals surface area contributed by atoms with Crippen LogP contribution in [0.15, 0.2) is 12.1 Å². The lowest BCUT2D eigenvalue weighted by Gasteiger charge is -2.24. The van der Waals surface area contributed by atoms with Crippen LogP contribution in [0.3, 0.4) is 0 Å². The summed E-state index contributed by atoms with van der Waals surface area (Å²) in [4.78, 5) is 1.42. The van der Waals surface area contributed by atoms with Crippen molar-refractivity contribution in [1.29, 1.82) is 0 Å². The third kappa shape index (κ3) is 5.75. The third-order valence-electron chi connectivity index (χ3n) is 4.41. The van der Waals surface area contributed by atoms with E-state index in [0.29, 0.717) is 6.04 Å². The van der Waals surface area contributed by atoms with Gasteiger partial charge in [0.15, 0.2) is 0 Å². The van der Waals surface area contributed by atoms with Gasteiger partial charge < -0.3 is 5.32 Å². The van der Waals surface area contributed by atoms with E-state index in [9.17, 15) is 0 Å². The molecule has 1 atom stereocenters. The molecule has 1 aliphatic rings. The standard InChI is InChI=1S/C17H28ClNS/c1-2-12-19-15(13-16-10-11-17(18)20-16)9-8-14-6-4-3-5-7-14/h10-11,14-15,19H,2-9,12-13H2,1H3. The molecule has 2 rings (SSSR count). The van der Waals surface area contributed by atoms with Crippen molar-refractivity contribution in [3.63, 3.8) is 0 Å². The Hall–Kier alpha value is -0.0500. The van der Waals surface area contributed by atoms with Gasteiger partial charge in [-0.25, -0.2) is 0 Å². The largest absolute Gasteiger partial charge is 0.314 e. The monoisotopic (exact) mass is 313 g/mol. The molecule has 1 aromatic heterocycles. The van der Waals surface area contributed by atoms with E-state index >= 15 is 0 Å². The molecule has 20 heavy (non-hydrogen) atoms. The van der Waals surface area contributed by atoms with Gasteiger partial charge in [-0.1, -0.05) is 50.6 Å². The van der Waals surface area contributed by atoms with E-state index in [1.165, 1.54) is 56.2 Å². The summed E-state index contributed by atoms with van der Waals surface area (Å²) in [6.45, 7) is 3.38. The van der Waals surface area contributed by atoms with Gasteiger partial charge in [0, 0.05) is 10.9 Å². The van der Waals surface area contributed by atoms with Gasteiger partial charge in [-0.15, -0.1) is 11.3 Å².